The lowest BCUT2D eigenvalue weighted by atomic mass is 9.92. The number of benzene rings is 2. The second-order valence-corrected chi connectivity index (χ2v) is 8.34. The van der Waals surface area contributed by atoms with Crippen molar-refractivity contribution in [1.82, 2.24) is 15.5 Å². The fourth-order valence-corrected chi connectivity index (χ4v) is 3.53. The Morgan fingerprint density at radius 1 is 0.968 bits per heavy atom. The molecule has 0 aliphatic carbocycles. The van der Waals surface area contributed by atoms with Crippen LogP contribution in [0.5, 0.6) is 0 Å². The van der Waals surface area contributed by atoms with Crippen molar-refractivity contribution in [2.45, 2.75) is 59.0 Å². The molecule has 2 aromatic carbocycles. The summed E-state index contributed by atoms with van der Waals surface area (Å²) in [6.45, 7) is 10.8. The first-order chi connectivity index (χ1) is 14.8. The first kappa shape index (κ1) is 22.6. The van der Waals surface area contributed by atoms with Crippen LogP contribution in [0.25, 0.3) is 11.5 Å². The van der Waals surface area contributed by atoms with Crippen LogP contribution in [-0.2, 0) is 0 Å². The summed E-state index contributed by atoms with van der Waals surface area (Å²) in [6.07, 6.45) is 1.12. The maximum absolute atomic E-state index is 10.8. The molecule has 0 amide bonds. The van der Waals surface area contributed by atoms with Gasteiger partial charge in [-0.25, -0.2) is 0 Å². The standard InChI is InChI=1S/C24H30N4O3/c1-6-16(4)18-7-9-19(10-8-18)22(15(2)3)25-17(5)23-26-27-24(31-23)20-11-13-21(14-12-20)28(29)30/h7-17,22,25H,6H2,1-5H3/t16-,17-,22-/m0/s1. The highest BCUT2D eigenvalue weighted by Crippen LogP contribution is 2.29. The monoisotopic (exact) mass is 422 g/mol. The molecule has 1 aromatic heterocycles. The second kappa shape index (κ2) is 9.83. The van der Waals surface area contributed by atoms with Gasteiger partial charge in [0.2, 0.25) is 11.8 Å². The molecule has 0 aliphatic rings. The molecule has 1 N–H and O–H groups in total. The predicted molar refractivity (Wildman–Crippen MR) is 121 cm³/mol. The number of rotatable bonds is 9. The molecule has 3 rings (SSSR count). The van der Waals surface area contributed by atoms with Crippen LogP contribution in [-0.4, -0.2) is 15.1 Å². The van der Waals surface area contributed by atoms with Crippen molar-refractivity contribution in [3.8, 4) is 11.5 Å². The van der Waals surface area contributed by atoms with Crippen LogP contribution in [0.2, 0.25) is 0 Å². The van der Waals surface area contributed by atoms with Crippen LogP contribution in [0.1, 0.15) is 76.1 Å². The summed E-state index contributed by atoms with van der Waals surface area (Å²) in [7, 11) is 0. The summed E-state index contributed by atoms with van der Waals surface area (Å²) >= 11 is 0. The van der Waals surface area contributed by atoms with Crippen molar-refractivity contribution in [2.75, 3.05) is 0 Å². The number of aromatic nitrogens is 2. The fourth-order valence-electron chi connectivity index (χ4n) is 3.53. The maximum atomic E-state index is 10.8. The molecule has 3 atom stereocenters. The molecule has 7 nitrogen and oxygen atoms in total. The molecule has 3 aromatic rings. The van der Waals surface area contributed by atoms with Crippen molar-refractivity contribution in [3.63, 3.8) is 0 Å². The molecule has 0 radical (unpaired) electrons. The Morgan fingerprint density at radius 2 is 1.58 bits per heavy atom. The van der Waals surface area contributed by atoms with Crippen LogP contribution in [0.4, 0.5) is 5.69 Å². The van der Waals surface area contributed by atoms with Gasteiger partial charge >= 0.3 is 0 Å². The fraction of sp³-hybridized carbons (Fsp3) is 0.417. The van der Waals surface area contributed by atoms with Crippen LogP contribution >= 0.6 is 0 Å². The van der Waals surface area contributed by atoms with E-state index in [4.69, 9.17) is 4.42 Å². The van der Waals surface area contributed by atoms with Gasteiger partial charge in [0.05, 0.1) is 11.0 Å². The molecular weight excluding hydrogens is 392 g/mol. The second-order valence-electron chi connectivity index (χ2n) is 8.34. The third-order valence-corrected chi connectivity index (χ3v) is 5.71. The van der Waals surface area contributed by atoms with Crippen LogP contribution in [0.15, 0.2) is 52.9 Å². The lowest BCUT2D eigenvalue weighted by molar-refractivity contribution is -0.384. The normalized spacial score (nSPS) is 14.4. The molecule has 0 saturated carbocycles. The van der Waals surface area contributed by atoms with Gasteiger partial charge in [0, 0.05) is 23.7 Å². The molecule has 0 bridgehead atoms. The van der Waals surface area contributed by atoms with Gasteiger partial charge in [0.1, 0.15) is 0 Å². The van der Waals surface area contributed by atoms with E-state index in [9.17, 15) is 10.1 Å². The number of hydrogen-bond donors (Lipinski definition) is 1. The highest BCUT2D eigenvalue weighted by Gasteiger charge is 2.22. The van der Waals surface area contributed by atoms with Gasteiger partial charge in [0.25, 0.3) is 5.69 Å². The third kappa shape index (κ3) is 5.35. The largest absolute Gasteiger partial charge is 0.419 e. The van der Waals surface area contributed by atoms with Crippen LogP contribution in [0, 0.1) is 16.0 Å². The van der Waals surface area contributed by atoms with Gasteiger partial charge in [0.15, 0.2) is 0 Å². The lowest BCUT2D eigenvalue weighted by Gasteiger charge is -2.26. The number of hydrogen-bond acceptors (Lipinski definition) is 6. The number of nitro groups is 1. The molecule has 0 aliphatic heterocycles. The van der Waals surface area contributed by atoms with Gasteiger partial charge in [-0.3, -0.25) is 15.4 Å². The average Bonchev–Trinajstić information content (AvgIpc) is 3.27. The molecule has 0 unspecified atom stereocenters. The van der Waals surface area contributed by atoms with Crippen molar-refractivity contribution >= 4 is 5.69 Å². The summed E-state index contributed by atoms with van der Waals surface area (Å²) in [5.74, 6) is 1.75. The Labute approximate surface area is 183 Å². The molecule has 1 heterocycles. The van der Waals surface area contributed by atoms with Gasteiger partial charge in [-0.05, 0) is 48.4 Å². The number of nitrogens with one attached hydrogen (secondary N) is 1. The Kier molecular flexibility index (Phi) is 7.17. The average molecular weight is 423 g/mol. The minimum absolute atomic E-state index is 0.0256. The first-order valence-electron chi connectivity index (χ1n) is 10.7. The lowest BCUT2D eigenvalue weighted by Crippen LogP contribution is -2.28. The quantitative estimate of drug-likeness (QED) is 0.325. The molecule has 164 valence electrons. The third-order valence-electron chi connectivity index (χ3n) is 5.71. The summed E-state index contributed by atoms with van der Waals surface area (Å²) in [5, 5.41) is 22.8. The summed E-state index contributed by atoms with van der Waals surface area (Å²) < 4.78 is 5.86. The molecule has 7 heteroatoms. The zero-order valence-corrected chi connectivity index (χ0v) is 18.7. The van der Waals surface area contributed by atoms with Crippen molar-refractivity contribution in [1.29, 1.82) is 0 Å². The van der Waals surface area contributed by atoms with E-state index in [1.807, 2.05) is 6.92 Å². The van der Waals surface area contributed by atoms with Gasteiger partial charge in [-0.1, -0.05) is 52.0 Å². The van der Waals surface area contributed by atoms with Crippen molar-refractivity contribution in [3.05, 3.63) is 75.7 Å². The molecular formula is C24H30N4O3. The summed E-state index contributed by atoms with van der Waals surface area (Å²) in [4.78, 5) is 10.4. The van der Waals surface area contributed by atoms with E-state index < -0.39 is 4.92 Å². The maximum Gasteiger partial charge on any atom is 0.269 e. The number of non-ortho nitro benzene ring substituents is 1. The molecule has 0 fully saturated rings. The van der Waals surface area contributed by atoms with Gasteiger partial charge in [-0.15, -0.1) is 10.2 Å². The Balaban J connectivity index is 1.74. The van der Waals surface area contributed by atoms with Gasteiger partial charge < -0.3 is 4.42 Å². The van der Waals surface area contributed by atoms with Gasteiger partial charge in [-0.2, -0.15) is 0 Å². The predicted octanol–water partition coefficient (Wildman–Crippen LogP) is 6.21. The van der Waals surface area contributed by atoms with E-state index in [0.717, 1.165) is 6.42 Å². The Bertz CT molecular complexity index is 996. The number of nitrogens with zero attached hydrogens (tertiary/aromatic N) is 3. The van der Waals surface area contributed by atoms with Crippen molar-refractivity contribution in [2.24, 2.45) is 5.92 Å². The van der Waals surface area contributed by atoms with Crippen LogP contribution in [0.3, 0.4) is 0 Å². The zero-order chi connectivity index (χ0) is 22.5. The molecule has 0 spiro atoms. The Hall–Kier alpha value is -3.06. The molecule has 31 heavy (non-hydrogen) atoms. The zero-order valence-electron chi connectivity index (χ0n) is 18.7. The summed E-state index contributed by atoms with van der Waals surface area (Å²) in [5.41, 5.74) is 3.26. The van der Waals surface area contributed by atoms with E-state index in [1.54, 1.807) is 12.1 Å². The van der Waals surface area contributed by atoms with Crippen LogP contribution < -0.4 is 5.32 Å². The van der Waals surface area contributed by atoms with E-state index in [-0.39, 0.29) is 17.8 Å². The highest BCUT2D eigenvalue weighted by atomic mass is 16.6. The van der Waals surface area contributed by atoms with E-state index in [2.05, 4.69) is 67.5 Å². The van der Waals surface area contributed by atoms with E-state index >= 15 is 0 Å². The summed E-state index contributed by atoms with van der Waals surface area (Å²) in [6, 6.07) is 14.9. The SMILES string of the molecule is CC[C@H](C)c1ccc([C@@H](N[C@@H](C)c2nnc(-c3ccc([N+](=O)[O-])cc3)o2)C(C)C)cc1. The Morgan fingerprint density at radius 3 is 2.13 bits per heavy atom. The molecule has 0 saturated heterocycles. The van der Waals surface area contributed by atoms with E-state index in [1.165, 1.54) is 23.3 Å². The topological polar surface area (TPSA) is 94.1 Å². The minimum atomic E-state index is -0.434. The van der Waals surface area contributed by atoms with E-state index in [0.29, 0.717) is 29.2 Å². The minimum Gasteiger partial charge on any atom is -0.419 e. The number of nitro benzene ring substituents is 1. The highest BCUT2D eigenvalue weighted by molar-refractivity contribution is 5.55. The van der Waals surface area contributed by atoms with Crippen molar-refractivity contribution < 1.29 is 9.34 Å². The first-order valence-corrected chi connectivity index (χ1v) is 10.7. The smallest absolute Gasteiger partial charge is 0.269 e.